The maximum absolute atomic E-state index is 11.9. The third-order valence-electron chi connectivity index (χ3n) is 3.28. The molecule has 4 N–H and O–H groups in total. The third kappa shape index (κ3) is 5.94. The molecular formula is C16H24N6O6. The van der Waals surface area contributed by atoms with Gasteiger partial charge in [-0.3, -0.25) is 14.3 Å². The molecule has 1 amide bonds. The Morgan fingerprint density at radius 3 is 2.75 bits per heavy atom. The number of carbonyl (C=O) groups excluding carboxylic acids is 2. The van der Waals surface area contributed by atoms with Crippen LogP contribution >= 0.6 is 0 Å². The second kappa shape index (κ2) is 8.69. The van der Waals surface area contributed by atoms with Gasteiger partial charge in [0.15, 0.2) is 11.2 Å². The normalized spacial score (nSPS) is 12.6. The maximum Gasteiger partial charge on any atom is 0.408 e. The van der Waals surface area contributed by atoms with E-state index in [1.165, 1.54) is 17.8 Å². The highest BCUT2D eigenvalue weighted by atomic mass is 16.6. The molecule has 0 spiro atoms. The van der Waals surface area contributed by atoms with Gasteiger partial charge in [-0.1, -0.05) is 0 Å². The van der Waals surface area contributed by atoms with Crippen molar-refractivity contribution in [2.45, 2.75) is 46.1 Å². The van der Waals surface area contributed by atoms with Crippen LogP contribution in [0.4, 0.5) is 10.7 Å². The molecule has 0 aromatic carbocycles. The van der Waals surface area contributed by atoms with Crippen LogP contribution in [0.1, 0.15) is 27.7 Å². The van der Waals surface area contributed by atoms with Gasteiger partial charge >= 0.3 is 12.1 Å². The molecule has 2 heterocycles. The Balaban J connectivity index is 1.74. The minimum absolute atomic E-state index is 0.0258. The van der Waals surface area contributed by atoms with Gasteiger partial charge in [-0.2, -0.15) is 4.98 Å². The summed E-state index contributed by atoms with van der Waals surface area (Å²) in [6.45, 7) is 6.74. The van der Waals surface area contributed by atoms with Gasteiger partial charge in [-0.25, -0.2) is 14.6 Å². The fraction of sp³-hybridized carbons (Fsp3) is 0.562. The molecule has 1 unspecified atom stereocenters. The number of nitrogen functional groups attached to an aromatic ring is 1. The van der Waals surface area contributed by atoms with Crippen molar-refractivity contribution in [2.24, 2.45) is 0 Å². The molecule has 2 aromatic heterocycles. The smallest absolute Gasteiger partial charge is 0.408 e. The minimum Gasteiger partial charge on any atom is -0.462 e. The molecular weight excluding hydrogens is 372 g/mol. The predicted octanol–water partition coefficient (Wildman–Crippen LogP) is 0.132. The summed E-state index contributed by atoms with van der Waals surface area (Å²) >= 11 is 0. The first-order valence-electron chi connectivity index (χ1n) is 8.51. The second-order valence-corrected chi connectivity index (χ2v) is 6.91. The first-order chi connectivity index (χ1) is 13.1. The fourth-order valence-electron chi connectivity index (χ4n) is 2.10. The number of esters is 1. The molecule has 0 radical (unpaired) electrons. The molecule has 28 heavy (non-hydrogen) atoms. The van der Waals surface area contributed by atoms with E-state index in [1.807, 2.05) is 0 Å². The molecule has 0 fully saturated rings. The van der Waals surface area contributed by atoms with E-state index in [1.54, 1.807) is 20.8 Å². The minimum atomic E-state index is -0.869. The number of alkyl carbamates (subject to hydrolysis) is 1. The van der Waals surface area contributed by atoms with E-state index in [0.717, 1.165) is 0 Å². The van der Waals surface area contributed by atoms with Crippen LogP contribution in [0.15, 0.2) is 11.1 Å². The summed E-state index contributed by atoms with van der Waals surface area (Å²) in [5.41, 5.74) is 4.84. The molecule has 2 rings (SSSR count). The molecule has 0 bridgehead atoms. The number of hydrogen-bond donors (Lipinski definition) is 3. The highest BCUT2D eigenvalue weighted by molar-refractivity contribution is 5.81. The van der Waals surface area contributed by atoms with Gasteiger partial charge in [-0.15, -0.1) is 0 Å². The zero-order chi connectivity index (χ0) is 20.9. The average molecular weight is 396 g/mol. The Bertz CT molecular complexity index is 899. The van der Waals surface area contributed by atoms with Crippen molar-refractivity contribution in [1.29, 1.82) is 0 Å². The van der Waals surface area contributed by atoms with Crippen LogP contribution in [0.5, 0.6) is 0 Å². The number of aromatic amines is 1. The third-order valence-corrected chi connectivity index (χ3v) is 3.28. The van der Waals surface area contributed by atoms with Crippen LogP contribution < -0.4 is 16.6 Å². The van der Waals surface area contributed by atoms with Gasteiger partial charge in [0.2, 0.25) is 5.95 Å². The Hall–Kier alpha value is -3.15. The number of nitrogens with one attached hydrogen (secondary N) is 2. The number of amides is 1. The van der Waals surface area contributed by atoms with Crippen molar-refractivity contribution in [3.8, 4) is 0 Å². The van der Waals surface area contributed by atoms with Crippen molar-refractivity contribution in [3.05, 3.63) is 16.7 Å². The maximum atomic E-state index is 11.9. The van der Waals surface area contributed by atoms with Gasteiger partial charge in [0.25, 0.3) is 5.56 Å². The largest absolute Gasteiger partial charge is 0.462 e. The van der Waals surface area contributed by atoms with E-state index >= 15 is 0 Å². The van der Waals surface area contributed by atoms with Gasteiger partial charge in [-0.05, 0) is 27.7 Å². The summed E-state index contributed by atoms with van der Waals surface area (Å²) in [5, 5.41) is 2.39. The quantitative estimate of drug-likeness (QED) is 0.436. The van der Waals surface area contributed by atoms with E-state index in [9.17, 15) is 14.4 Å². The van der Waals surface area contributed by atoms with Crippen LogP contribution in [0.25, 0.3) is 11.2 Å². The molecule has 12 heteroatoms. The summed E-state index contributed by atoms with van der Waals surface area (Å²) in [6, 6.07) is -0.869. The lowest BCUT2D eigenvalue weighted by Crippen LogP contribution is -2.42. The van der Waals surface area contributed by atoms with E-state index in [2.05, 4.69) is 20.3 Å². The van der Waals surface area contributed by atoms with Crippen LogP contribution in [-0.4, -0.2) is 56.4 Å². The highest BCUT2D eigenvalue weighted by Crippen LogP contribution is 2.07. The van der Waals surface area contributed by atoms with E-state index in [0.29, 0.717) is 0 Å². The second-order valence-electron chi connectivity index (χ2n) is 6.91. The van der Waals surface area contributed by atoms with Crippen LogP contribution in [0.2, 0.25) is 0 Å². The molecule has 0 aliphatic carbocycles. The van der Waals surface area contributed by atoms with Gasteiger partial charge in [0.05, 0.1) is 12.9 Å². The topological polar surface area (TPSA) is 163 Å². The molecule has 1 atom stereocenters. The van der Waals surface area contributed by atoms with Crippen molar-refractivity contribution in [2.75, 3.05) is 18.9 Å². The number of fused-ring (bicyclic) bond motifs is 1. The number of anilines is 1. The molecule has 0 saturated heterocycles. The average Bonchev–Trinajstić information content (AvgIpc) is 2.95. The van der Waals surface area contributed by atoms with E-state index < -0.39 is 29.3 Å². The van der Waals surface area contributed by atoms with Crippen LogP contribution in [-0.2, 0) is 25.7 Å². The molecule has 2 aromatic rings. The number of nitrogens with two attached hydrogens (primary N) is 1. The molecule has 0 aliphatic heterocycles. The fourth-order valence-corrected chi connectivity index (χ4v) is 2.10. The zero-order valence-electron chi connectivity index (χ0n) is 16.1. The summed E-state index contributed by atoms with van der Waals surface area (Å²) in [4.78, 5) is 45.5. The molecule has 12 nitrogen and oxygen atoms in total. The first kappa shape index (κ1) is 21.2. The van der Waals surface area contributed by atoms with E-state index in [-0.39, 0.29) is 37.1 Å². The highest BCUT2D eigenvalue weighted by Gasteiger charge is 2.21. The number of aromatic nitrogens is 4. The van der Waals surface area contributed by atoms with Crippen LogP contribution in [0, 0.1) is 0 Å². The van der Waals surface area contributed by atoms with Crippen molar-refractivity contribution in [3.63, 3.8) is 0 Å². The standard InChI is InChI=1S/C16H24N6O6/c1-9(19-15(25)28-16(2,3)4)13(24)27-6-5-26-8-22-7-18-10-11(22)20-14(17)21-12(10)23/h7,9H,5-6,8H2,1-4H3,(H,19,25)(H3,17,20,21,23). The first-order valence-corrected chi connectivity index (χ1v) is 8.51. The zero-order valence-corrected chi connectivity index (χ0v) is 16.1. The Labute approximate surface area is 160 Å². The van der Waals surface area contributed by atoms with E-state index in [4.69, 9.17) is 19.9 Å². The lowest BCUT2D eigenvalue weighted by Gasteiger charge is -2.21. The lowest BCUT2D eigenvalue weighted by molar-refractivity contribution is -0.147. The number of ether oxygens (including phenoxy) is 3. The van der Waals surface area contributed by atoms with Gasteiger partial charge < -0.3 is 25.3 Å². The number of rotatable bonds is 7. The predicted molar refractivity (Wildman–Crippen MR) is 98.3 cm³/mol. The van der Waals surface area contributed by atoms with Gasteiger partial charge in [0.1, 0.15) is 25.0 Å². The van der Waals surface area contributed by atoms with Crippen molar-refractivity contribution in [1.82, 2.24) is 24.8 Å². The summed E-state index contributed by atoms with van der Waals surface area (Å²) in [7, 11) is 0. The number of nitrogens with zero attached hydrogens (tertiary/aromatic N) is 3. The van der Waals surface area contributed by atoms with Crippen molar-refractivity contribution >= 4 is 29.2 Å². The number of imidazole rings is 1. The summed E-state index contributed by atoms with van der Waals surface area (Å²) in [5.74, 6) is -0.650. The number of H-pyrrole nitrogens is 1. The Kier molecular flexibility index (Phi) is 6.57. The molecule has 0 aliphatic rings. The monoisotopic (exact) mass is 396 g/mol. The molecule has 154 valence electrons. The summed E-state index contributed by atoms with van der Waals surface area (Å²) in [6.07, 6.45) is 0.688. The Morgan fingerprint density at radius 1 is 1.36 bits per heavy atom. The number of carbonyl (C=O) groups is 2. The SMILES string of the molecule is CC(NC(=O)OC(C)(C)C)C(=O)OCCOCn1cnc2c(=O)[nH]c(N)nc21. The van der Waals surface area contributed by atoms with Crippen molar-refractivity contribution < 1.29 is 23.8 Å². The molecule has 0 saturated carbocycles. The number of hydrogen-bond acceptors (Lipinski definition) is 9. The Morgan fingerprint density at radius 2 is 2.07 bits per heavy atom. The van der Waals surface area contributed by atoms with Gasteiger partial charge in [0, 0.05) is 0 Å². The van der Waals surface area contributed by atoms with Crippen LogP contribution in [0.3, 0.4) is 0 Å². The lowest BCUT2D eigenvalue weighted by atomic mass is 10.2. The summed E-state index contributed by atoms with van der Waals surface area (Å²) < 4.78 is 17.0.